The van der Waals surface area contributed by atoms with Crippen LogP contribution in [-0.4, -0.2) is 32.8 Å². The smallest absolute Gasteiger partial charge is 0.437 e. The summed E-state index contributed by atoms with van der Waals surface area (Å²) in [4.78, 5) is 31.7. The molecule has 0 fully saturated rings. The van der Waals surface area contributed by atoms with Gasteiger partial charge >= 0.3 is 11.7 Å². The van der Waals surface area contributed by atoms with E-state index in [1.54, 1.807) is 0 Å². The highest BCUT2D eigenvalue weighted by Gasteiger charge is 2.32. The van der Waals surface area contributed by atoms with Crippen LogP contribution in [0.15, 0.2) is 15.8 Å². The van der Waals surface area contributed by atoms with Crippen LogP contribution in [0.1, 0.15) is 5.56 Å². The molecule has 0 aliphatic carbocycles. The molecule has 8 nitrogen and oxygen atoms in total. The van der Waals surface area contributed by atoms with Gasteiger partial charge in [0.15, 0.2) is 11.8 Å². The number of carbonyl (C=O) groups excluding carboxylic acids is 1. The van der Waals surface area contributed by atoms with Crippen LogP contribution in [0, 0.1) is 4.77 Å². The van der Waals surface area contributed by atoms with Crippen LogP contribution in [-0.2, 0) is 9.63 Å². The molecule has 0 saturated carbocycles. The molecule has 0 aromatic carbocycles. The van der Waals surface area contributed by atoms with Gasteiger partial charge in [0, 0.05) is 6.08 Å². The molecule has 1 aliphatic rings. The normalized spacial score (nSPS) is 17.1. The number of H-pyrrole nitrogens is 2. The van der Waals surface area contributed by atoms with E-state index in [2.05, 4.69) is 32.3 Å². The first-order chi connectivity index (χ1) is 7.99. The van der Waals surface area contributed by atoms with Gasteiger partial charge in [0.05, 0.1) is 0 Å². The van der Waals surface area contributed by atoms with Crippen LogP contribution >= 0.6 is 12.2 Å². The third-order valence-electron chi connectivity index (χ3n) is 2.04. The van der Waals surface area contributed by atoms with Crippen molar-refractivity contribution in [3.8, 4) is 5.88 Å². The van der Waals surface area contributed by atoms with Gasteiger partial charge in [0.1, 0.15) is 5.56 Å². The zero-order chi connectivity index (χ0) is 12.6. The topological polar surface area (TPSA) is 111 Å². The van der Waals surface area contributed by atoms with E-state index in [4.69, 9.17) is 0 Å². The van der Waals surface area contributed by atoms with Gasteiger partial charge in [-0.3, -0.25) is 14.6 Å². The number of carbonyl (C=O) groups is 1. The van der Waals surface area contributed by atoms with Gasteiger partial charge in [-0.15, -0.1) is 0 Å². The lowest BCUT2D eigenvalue weighted by molar-refractivity contribution is -0.517. The van der Waals surface area contributed by atoms with Gasteiger partial charge in [-0.2, -0.15) is 0 Å². The molecular formula is C8H7N4O4S+. The number of hydrogen-bond acceptors (Lipinski definition) is 6. The number of rotatable bonds is 1. The Morgan fingerprint density at radius 3 is 2.71 bits per heavy atom. The van der Waals surface area contributed by atoms with Crippen molar-refractivity contribution >= 4 is 24.3 Å². The second-order valence-corrected chi connectivity index (χ2v) is 3.59. The molecule has 2 heterocycles. The van der Waals surface area contributed by atoms with Gasteiger partial charge in [-0.05, 0) is 16.9 Å². The van der Waals surface area contributed by atoms with Crippen LogP contribution in [0.25, 0.3) is 6.08 Å². The molecule has 0 spiro atoms. The largest absolute Gasteiger partial charge is 0.494 e. The maximum atomic E-state index is 11.5. The second-order valence-electron chi connectivity index (χ2n) is 3.18. The SMILES string of the molecule is C[N+]1=NOC(=O)/C1=C/c1c(O)[nH]c(=S)[nH]c1=O. The summed E-state index contributed by atoms with van der Waals surface area (Å²) in [7, 11) is 1.47. The molecule has 0 atom stereocenters. The van der Waals surface area contributed by atoms with E-state index in [9.17, 15) is 14.7 Å². The zero-order valence-corrected chi connectivity index (χ0v) is 9.37. The summed E-state index contributed by atoms with van der Waals surface area (Å²) in [6.45, 7) is 0. The first kappa shape index (κ1) is 11.2. The standard InChI is InChI=1S/C8H6N4O4S/c1-12-4(7(15)16-11-12)2-3-5(13)9-8(17)10-6(3)14/h2H,1H3,(H2-,9,10,11,13,14,15,17)/p+1. The average molecular weight is 255 g/mol. The number of aromatic amines is 2. The number of aromatic hydroxyl groups is 1. The third kappa shape index (κ3) is 1.99. The maximum Gasteiger partial charge on any atom is 0.437 e. The Morgan fingerprint density at radius 2 is 2.18 bits per heavy atom. The number of hydrogen-bond donors (Lipinski definition) is 3. The zero-order valence-electron chi connectivity index (χ0n) is 8.55. The number of nitrogens with one attached hydrogen (secondary N) is 2. The molecule has 0 radical (unpaired) electrons. The number of nitrogens with zero attached hydrogens (tertiary/aromatic N) is 2. The molecule has 1 aromatic rings. The van der Waals surface area contributed by atoms with Crippen LogP contribution in [0.2, 0.25) is 0 Å². The molecule has 88 valence electrons. The summed E-state index contributed by atoms with van der Waals surface area (Å²) in [6, 6.07) is 0. The van der Waals surface area contributed by atoms with E-state index < -0.39 is 17.4 Å². The molecule has 2 rings (SSSR count). The highest BCUT2D eigenvalue weighted by atomic mass is 32.1. The minimum absolute atomic E-state index is 0.0123. The summed E-state index contributed by atoms with van der Waals surface area (Å²) in [5, 5.41) is 12.9. The van der Waals surface area contributed by atoms with Crippen molar-refractivity contribution in [2.75, 3.05) is 7.05 Å². The number of aromatic nitrogens is 2. The first-order valence-corrected chi connectivity index (χ1v) is 4.83. The predicted octanol–water partition coefficient (Wildman–Crippen LogP) is 0.0453. The van der Waals surface area contributed by atoms with Gasteiger partial charge in [0.25, 0.3) is 5.56 Å². The van der Waals surface area contributed by atoms with Crippen molar-refractivity contribution in [1.82, 2.24) is 9.97 Å². The lowest BCUT2D eigenvalue weighted by Crippen LogP contribution is -2.13. The van der Waals surface area contributed by atoms with Crippen LogP contribution in [0.5, 0.6) is 5.88 Å². The van der Waals surface area contributed by atoms with Gasteiger partial charge in [-0.1, -0.05) is 0 Å². The molecule has 1 aromatic heterocycles. The Kier molecular flexibility index (Phi) is 2.60. The minimum Gasteiger partial charge on any atom is -0.494 e. The van der Waals surface area contributed by atoms with Crippen molar-refractivity contribution in [2.45, 2.75) is 0 Å². The molecular weight excluding hydrogens is 248 g/mol. The molecule has 3 N–H and O–H groups in total. The van der Waals surface area contributed by atoms with Crippen molar-refractivity contribution in [2.24, 2.45) is 5.28 Å². The molecule has 9 heteroatoms. The van der Waals surface area contributed by atoms with E-state index in [1.807, 2.05) is 0 Å². The Labute approximate surface area is 98.8 Å². The Hall–Kier alpha value is -2.29. The van der Waals surface area contributed by atoms with Crippen molar-refractivity contribution in [3.05, 3.63) is 26.4 Å². The summed E-state index contributed by atoms with van der Waals surface area (Å²) in [6.07, 6.45) is 1.15. The fourth-order valence-corrected chi connectivity index (χ4v) is 1.42. The lowest BCUT2D eigenvalue weighted by Gasteiger charge is -1.96. The Balaban J connectivity index is 2.61. The summed E-state index contributed by atoms with van der Waals surface area (Å²) < 4.78 is 1.13. The van der Waals surface area contributed by atoms with Crippen LogP contribution in [0.4, 0.5) is 0 Å². The van der Waals surface area contributed by atoms with E-state index in [1.165, 1.54) is 7.05 Å². The summed E-state index contributed by atoms with van der Waals surface area (Å²) in [5.74, 6) is -1.15. The average Bonchev–Trinajstić information content (AvgIpc) is 2.53. The summed E-state index contributed by atoms with van der Waals surface area (Å²) in [5.41, 5.74) is -0.724. The van der Waals surface area contributed by atoms with E-state index in [0.717, 1.165) is 10.8 Å². The summed E-state index contributed by atoms with van der Waals surface area (Å²) >= 11 is 4.66. The van der Waals surface area contributed by atoms with E-state index >= 15 is 0 Å². The molecule has 1 aliphatic heterocycles. The van der Waals surface area contributed by atoms with Crippen molar-refractivity contribution in [1.29, 1.82) is 0 Å². The van der Waals surface area contributed by atoms with Crippen LogP contribution < -0.4 is 5.56 Å². The van der Waals surface area contributed by atoms with Crippen LogP contribution in [0.3, 0.4) is 0 Å². The predicted molar refractivity (Wildman–Crippen MR) is 56.6 cm³/mol. The minimum atomic E-state index is -0.714. The maximum absolute atomic E-state index is 11.5. The van der Waals surface area contributed by atoms with E-state index in [0.29, 0.717) is 0 Å². The van der Waals surface area contributed by atoms with Gasteiger partial charge < -0.3 is 10.1 Å². The fourth-order valence-electron chi connectivity index (χ4n) is 1.23. The van der Waals surface area contributed by atoms with Gasteiger partial charge in [-0.25, -0.2) is 4.79 Å². The molecule has 17 heavy (non-hydrogen) atoms. The first-order valence-electron chi connectivity index (χ1n) is 4.42. The van der Waals surface area contributed by atoms with Gasteiger partial charge in [0.2, 0.25) is 11.2 Å². The highest BCUT2D eigenvalue weighted by Crippen LogP contribution is 2.16. The van der Waals surface area contributed by atoms with Crippen molar-refractivity contribution < 1.29 is 19.4 Å². The third-order valence-corrected chi connectivity index (χ3v) is 2.25. The molecule has 0 amide bonds. The lowest BCUT2D eigenvalue weighted by atomic mass is 10.2. The monoisotopic (exact) mass is 255 g/mol. The van der Waals surface area contributed by atoms with E-state index in [-0.39, 0.29) is 16.0 Å². The highest BCUT2D eigenvalue weighted by molar-refractivity contribution is 7.71. The Bertz CT molecular complexity index is 669. The molecule has 0 saturated heterocycles. The molecule has 0 bridgehead atoms. The quantitative estimate of drug-likeness (QED) is 0.373. The second kappa shape index (κ2) is 3.94. The van der Waals surface area contributed by atoms with Crippen molar-refractivity contribution in [3.63, 3.8) is 0 Å². The number of likely N-dealkylation sites (N-methyl/N-ethyl adjacent to an activating group) is 1. The Morgan fingerprint density at radius 1 is 1.47 bits per heavy atom. The fraction of sp³-hybridized carbons (Fsp3) is 0.125. The molecule has 0 unspecified atom stereocenters.